The van der Waals surface area contributed by atoms with E-state index in [2.05, 4.69) is 5.10 Å². The lowest BCUT2D eigenvalue weighted by Gasteiger charge is -2.32. The van der Waals surface area contributed by atoms with Crippen molar-refractivity contribution in [1.82, 2.24) is 14.7 Å². The lowest BCUT2D eigenvalue weighted by molar-refractivity contribution is -0.134. The summed E-state index contributed by atoms with van der Waals surface area (Å²) in [5.74, 6) is 1.07. The molecule has 0 bridgehead atoms. The van der Waals surface area contributed by atoms with Gasteiger partial charge in [0.2, 0.25) is 5.91 Å². The fourth-order valence-electron chi connectivity index (χ4n) is 3.42. The van der Waals surface area contributed by atoms with Gasteiger partial charge in [-0.05, 0) is 44.9 Å². The number of carbonyl (C=O) groups excluding carboxylic acids is 1. The van der Waals surface area contributed by atoms with Crippen LogP contribution >= 0.6 is 0 Å². The van der Waals surface area contributed by atoms with E-state index in [1.807, 2.05) is 59.8 Å². The van der Waals surface area contributed by atoms with Crippen molar-refractivity contribution in [2.45, 2.75) is 45.8 Å². The second-order valence-electron chi connectivity index (χ2n) is 7.01. The number of rotatable bonds is 8. The maximum Gasteiger partial charge on any atom is 0.224 e. The highest BCUT2D eigenvalue weighted by atomic mass is 16.5. The van der Waals surface area contributed by atoms with Gasteiger partial charge >= 0.3 is 0 Å². The number of aryl methyl sites for hydroxylation is 3. The van der Waals surface area contributed by atoms with Crippen LogP contribution in [-0.2, 0) is 16.1 Å². The molecule has 3 rings (SSSR count). The number of benzene rings is 1. The Morgan fingerprint density at radius 3 is 2.56 bits per heavy atom. The smallest absolute Gasteiger partial charge is 0.224 e. The number of carbonyl (C=O) groups is 1. The number of piperidine rings is 1. The molecule has 0 N–H and O–H groups in total. The Kier molecular flexibility index (Phi) is 6.87. The Morgan fingerprint density at radius 2 is 1.89 bits per heavy atom. The predicted octanol–water partition coefficient (Wildman–Crippen LogP) is 2.98. The first-order valence-electron chi connectivity index (χ1n) is 9.70. The number of para-hydroxylation sites is 1. The van der Waals surface area contributed by atoms with Crippen molar-refractivity contribution in [1.29, 1.82) is 0 Å². The third-order valence-corrected chi connectivity index (χ3v) is 4.88. The highest BCUT2D eigenvalue weighted by molar-refractivity contribution is 5.76. The maximum absolute atomic E-state index is 12.4. The van der Waals surface area contributed by atoms with E-state index in [0.717, 1.165) is 43.1 Å². The van der Waals surface area contributed by atoms with Gasteiger partial charge in [-0.1, -0.05) is 18.2 Å². The van der Waals surface area contributed by atoms with Crippen molar-refractivity contribution in [3.05, 3.63) is 47.8 Å². The van der Waals surface area contributed by atoms with Gasteiger partial charge in [-0.15, -0.1) is 0 Å². The van der Waals surface area contributed by atoms with Crippen LogP contribution in [0.5, 0.6) is 5.75 Å². The van der Waals surface area contributed by atoms with E-state index >= 15 is 0 Å². The molecule has 1 aliphatic heterocycles. The predicted molar refractivity (Wildman–Crippen MR) is 104 cm³/mol. The van der Waals surface area contributed by atoms with Crippen molar-refractivity contribution in [3.8, 4) is 5.75 Å². The zero-order chi connectivity index (χ0) is 19.1. The third kappa shape index (κ3) is 5.82. The van der Waals surface area contributed by atoms with Crippen molar-refractivity contribution in [2.24, 2.45) is 0 Å². The molecule has 146 valence electrons. The minimum atomic E-state index is 0.202. The normalized spacial score (nSPS) is 15.1. The van der Waals surface area contributed by atoms with Crippen LogP contribution in [0.2, 0.25) is 0 Å². The maximum atomic E-state index is 12.4. The molecule has 27 heavy (non-hydrogen) atoms. The molecule has 1 aromatic heterocycles. The molecule has 0 spiro atoms. The highest BCUT2D eigenvalue weighted by Gasteiger charge is 2.23. The lowest BCUT2D eigenvalue weighted by atomic mass is 10.1. The third-order valence-electron chi connectivity index (χ3n) is 4.88. The molecule has 0 radical (unpaired) electrons. The van der Waals surface area contributed by atoms with Gasteiger partial charge in [0.15, 0.2) is 0 Å². The second kappa shape index (κ2) is 9.55. The molecule has 1 saturated heterocycles. The van der Waals surface area contributed by atoms with E-state index in [1.165, 1.54) is 0 Å². The van der Waals surface area contributed by atoms with Gasteiger partial charge in [0, 0.05) is 31.7 Å². The van der Waals surface area contributed by atoms with Crippen LogP contribution in [0.3, 0.4) is 0 Å². The summed E-state index contributed by atoms with van der Waals surface area (Å²) in [6, 6.07) is 11.8. The molecule has 6 nitrogen and oxygen atoms in total. The largest absolute Gasteiger partial charge is 0.491 e. The van der Waals surface area contributed by atoms with Gasteiger partial charge in [-0.2, -0.15) is 5.10 Å². The fraction of sp³-hybridized carbons (Fsp3) is 0.524. The molecule has 0 aliphatic carbocycles. The SMILES string of the molecule is Cc1cc(C)n(CCC(=O)N2CCC(OCCOc3ccccc3)CC2)n1. The van der Waals surface area contributed by atoms with E-state index in [4.69, 9.17) is 9.47 Å². The molecule has 2 heterocycles. The van der Waals surface area contributed by atoms with Gasteiger partial charge in [0.25, 0.3) is 0 Å². The summed E-state index contributed by atoms with van der Waals surface area (Å²) in [5, 5.41) is 4.42. The van der Waals surface area contributed by atoms with E-state index < -0.39 is 0 Å². The minimum Gasteiger partial charge on any atom is -0.491 e. The second-order valence-corrected chi connectivity index (χ2v) is 7.01. The van der Waals surface area contributed by atoms with Crippen LogP contribution in [0.4, 0.5) is 0 Å². The van der Waals surface area contributed by atoms with Gasteiger partial charge in [0.05, 0.1) is 18.4 Å². The summed E-state index contributed by atoms with van der Waals surface area (Å²) in [7, 11) is 0. The van der Waals surface area contributed by atoms with E-state index in [-0.39, 0.29) is 12.0 Å². The average Bonchev–Trinajstić information content (AvgIpc) is 3.02. The van der Waals surface area contributed by atoms with Crippen LogP contribution < -0.4 is 4.74 Å². The van der Waals surface area contributed by atoms with Crippen molar-refractivity contribution in [3.63, 3.8) is 0 Å². The zero-order valence-electron chi connectivity index (χ0n) is 16.3. The van der Waals surface area contributed by atoms with Crippen molar-refractivity contribution in [2.75, 3.05) is 26.3 Å². The summed E-state index contributed by atoms with van der Waals surface area (Å²) in [5.41, 5.74) is 2.10. The number of aromatic nitrogens is 2. The van der Waals surface area contributed by atoms with Gasteiger partial charge < -0.3 is 14.4 Å². The molecular formula is C21H29N3O3. The summed E-state index contributed by atoms with van der Waals surface area (Å²) in [4.78, 5) is 14.4. The topological polar surface area (TPSA) is 56.6 Å². The number of likely N-dealkylation sites (tertiary alicyclic amines) is 1. The minimum absolute atomic E-state index is 0.202. The van der Waals surface area contributed by atoms with Gasteiger partial charge in [-0.3, -0.25) is 9.48 Å². The Hall–Kier alpha value is -2.34. The highest BCUT2D eigenvalue weighted by Crippen LogP contribution is 2.15. The molecule has 1 aromatic carbocycles. The molecule has 1 aliphatic rings. The standard InChI is InChI=1S/C21H29N3O3/c1-17-16-18(2)24(22-17)13-10-21(25)23-11-8-20(9-12-23)27-15-14-26-19-6-4-3-5-7-19/h3-7,16,20H,8-15H2,1-2H3. The molecule has 6 heteroatoms. The summed E-state index contributed by atoms with van der Waals surface area (Å²) in [6.07, 6.45) is 2.48. The quantitative estimate of drug-likeness (QED) is 0.670. The Bertz CT molecular complexity index is 722. The number of amides is 1. The molecular weight excluding hydrogens is 342 g/mol. The van der Waals surface area contributed by atoms with E-state index in [0.29, 0.717) is 26.2 Å². The van der Waals surface area contributed by atoms with E-state index in [1.54, 1.807) is 0 Å². The Morgan fingerprint density at radius 1 is 1.15 bits per heavy atom. The molecule has 0 unspecified atom stereocenters. The van der Waals surface area contributed by atoms with Gasteiger partial charge in [0.1, 0.15) is 12.4 Å². The fourth-order valence-corrected chi connectivity index (χ4v) is 3.42. The first-order chi connectivity index (χ1) is 13.1. The summed E-state index contributed by atoms with van der Waals surface area (Å²) >= 11 is 0. The molecule has 0 saturated carbocycles. The lowest BCUT2D eigenvalue weighted by Crippen LogP contribution is -2.41. The molecule has 0 atom stereocenters. The average molecular weight is 371 g/mol. The van der Waals surface area contributed by atoms with E-state index in [9.17, 15) is 4.79 Å². The number of ether oxygens (including phenoxy) is 2. The van der Waals surface area contributed by atoms with Gasteiger partial charge in [-0.25, -0.2) is 0 Å². The monoisotopic (exact) mass is 371 g/mol. The summed E-state index contributed by atoms with van der Waals surface area (Å²) in [6.45, 7) is 7.29. The Labute approximate surface area is 161 Å². The van der Waals surface area contributed by atoms with Crippen LogP contribution in [0.1, 0.15) is 30.7 Å². The van der Waals surface area contributed by atoms with Crippen LogP contribution in [0, 0.1) is 13.8 Å². The summed E-state index contributed by atoms with van der Waals surface area (Å²) < 4.78 is 13.5. The first-order valence-corrected chi connectivity index (χ1v) is 9.70. The first kappa shape index (κ1) is 19.4. The zero-order valence-corrected chi connectivity index (χ0v) is 16.3. The number of nitrogens with zero attached hydrogens (tertiary/aromatic N) is 3. The van der Waals surface area contributed by atoms with Crippen LogP contribution in [0.15, 0.2) is 36.4 Å². The van der Waals surface area contributed by atoms with Crippen LogP contribution in [0.25, 0.3) is 0 Å². The van der Waals surface area contributed by atoms with Crippen LogP contribution in [-0.4, -0.2) is 53.0 Å². The van der Waals surface area contributed by atoms with Crippen molar-refractivity contribution >= 4 is 5.91 Å². The number of hydrogen-bond donors (Lipinski definition) is 0. The van der Waals surface area contributed by atoms with Crippen molar-refractivity contribution < 1.29 is 14.3 Å². The molecule has 2 aromatic rings. The molecule has 1 amide bonds. The molecule has 1 fully saturated rings. The Balaban J connectivity index is 1.31. The number of hydrogen-bond acceptors (Lipinski definition) is 4.